The van der Waals surface area contributed by atoms with Crippen LogP contribution in [0.15, 0.2) is 35.9 Å². The fourth-order valence-corrected chi connectivity index (χ4v) is 1.93. The maximum absolute atomic E-state index is 5.33. The zero-order valence-corrected chi connectivity index (χ0v) is 16.9. The first-order valence-electron chi connectivity index (χ1n) is 7.31. The van der Waals surface area contributed by atoms with Gasteiger partial charge in [0.1, 0.15) is 0 Å². The van der Waals surface area contributed by atoms with Crippen LogP contribution in [0.25, 0.3) is 0 Å². The van der Waals surface area contributed by atoms with Crippen LogP contribution in [0.5, 0.6) is 0 Å². The summed E-state index contributed by atoms with van der Waals surface area (Å²) in [7, 11) is 0. The monoisotopic (exact) mass is 396 g/mol. The van der Waals surface area contributed by atoms with Gasteiger partial charge in [-0.05, 0) is 64.2 Å². The molecule has 2 saturated carbocycles. The summed E-state index contributed by atoms with van der Waals surface area (Å²) in [5.74, 6) is 0. The van der Waals surface area contributed by atoms with E-state index < -0.39 is 0 Å². The molecule has 0 aliphatic heterocycles. The number of benzene rings is 1. The molecule has 1 unspecified atom stereocenters. The molecular weight excluding hydrogens is 376 g/mol. The van der Waals surface area contributed by atoms with Crippen molar-refractivity contribution in [3.8, 4) is 0 Å². The van der Waals surface area contributed by atoms with Gasteiger partial charge in [-0.15, -0.1) is 5.25 Å². The van der Waals surface area contributed by atoms with Crippen LogP contribution in [0.2, 0.25) is 0 Å². The van der Waals surface area contributed by atoms with E-state index >= 15 is 0 Å². The van der Waals surface area contributed by atoms with Gasteiger partial charge in [-0.2, -0.15) is 6.92 Å². The van der Waals surface area contributed by atoms with Crippen molar-refractivity contribution in [2.24, 2.45) is 0 Å². The Hall–Kier alpha value is 0.193. The van der Waals surface area contributed by atoms with Crippen LogP contribution in [-0.4, -0.2) is 0 Å². The minimum atomic E-state index is 0. The molecule has 0 amide bonds. The minimum Gasteiger partial charge on any atom is -0.783 e. The Balaban J connectivity index is 0.000000362. The first-order chi connectivity index (χ1) is 10.8. The van der Waals surface area contributed by atoms with Gasteiger partial charge in [-0.3, -0.25) is 5.57 Å². The van der Waals surface area contributed by atoms with Gasteiger partial charge in [0.15, 0.2) is 0 Å². The van der Waals surface area contributed by atoms with Crippen molar-refractivity contribution >= 4 is 12.6 Å². The van der Waals surface area contributed by atoms with Gasteiger partial charge in [-0.1, -0.05) is 42.8 Å². The fraction of sp³-hybridized carbons (Fsp3) is 0.143. The molecular formula is C21H22SZr. The predicted octanol–water partition coefficient (Wildman–Crippen LogP) is 5.08. The number of allylic oxidation sites excluding steroid dienone is 1. The number of hydrogen-bond donors (Lipinski definition) is 0. The molecule has 3 rings (SSSR count). The molecule has 2 aliphatic rings. The predicted molar refractivity (Wildman–Crippen MR) is 97.7 cm³/mol. The summed E-state index contributed by atoms with van der Waals surface area (Å²) in [6.07, 6.45) is 23.1. The van der Waals surface area contributed by atoms with Crippen molar-refractivity contribution in [2.45, 2.75) is 19.1 Å². The maximum atomic E-state index is 5.33. The smallest absolute Gasteiger partial charge is 0.783 e. The van der Waals surface area contributed by atoms with Crippen LogP contribution >= 0.6 is 0 Å². The summed E-state index contributed by atoms with van der Waals surface area (Å²) in [5, 5.41) is 0.0798. The second-order valence-electron chi connectivity index (χ2n) is 4.65. The Morgan fingerprint density at radius 3 is 1.43 bits per heavy atom. The summed E-state index contributed by atoms with van der Waals surface area (Å²) in [4.78, 5) is 0. The molecule has 2 fully saturated rings. The molecule has 0 bridgehead atoms. The van der Waals surface area contributed by atoms with Gasteiger partial charge in [0.25, 0.3) is 0 Å². The summed E-state index contributed by atoms with van der Waals surface area (Å²) < 4.78 is 0. The van der Waals surface area contributed by atoms with Gasteiger partial charge in [0.2, 0.25) is 0 Å². The van der Waals surface area contributed by atoms with E-state index in [2.05, 4.69) is 18.2 Å². The third-order valence-corrected chi connectivity index (χ3v) is 3.63. The van der Waals surface area contributed by atoms with Gasteiger partial charge >= 0.3 is 26.2 Å². The second kappa shape index (κ2) is 15.7. The van der Waals surface area contributed by atoms with Crippen molar-refractivity contribution < 1.29 is 26.2 Å². The van der Waals surface area contributed by atoms with Crippen molar-refractivity contribution in [3.05, 3.63) is 112 Å². The first kappa shape index (κ1) is 23.2. The third kappa shape index (κ3) is 11.4. The topological polar surface area (TPSA) is 0 Å². The molecule has 10 radical (unpaired) electrons. The Bertz CT molecular complexity index is 366. The molecule has 23 heavy (non-hydrogen) atoms. The first-order valence-corrected chi connectivity index (χ1v) is 7.78. The van der Waals surface area contributed by atoms with E-state index in [1.54, 1.807) is 0 Å². The minimum absolute atomic E-state index is 0. The molecule has 2 heteroatoms. The Labute approximate surface area is 169 Å². The van der Waals surface area contributed by atoms with Gasteiger partial charge in [0.05, 0.1) is 0 Å². The fourth-order valence-electron chi connectivity index (χ4n) is 1.65. The van der Waals surface area contributed by atoms with Crippen LogP contribution in [0.1, 0.15) is 24.7 Å². The van der Waals surface area contributed by atoms with Crippen LogP contribution < -0.4 is 0 Å². The molecule has 2 aliphatic carbocycles. The van der Waals surface area contributed by atoms with Crippen LogP contribution in [-0.2, 0) is 38.8 Å². The van der Waals surface area contributed by atoms with Crippen molar-refractivity contribution in [2.75, 3.05) is 0 Å². The van der Waals surface area contributed by atoms with Gasteiger partial charge in [-0.25, -0.2) is 0 Å². The van der Waals surface area contributed by atoms with E-state index in [-0.39, 0.29) is 31.5 Å². The summed E-state index contributed by atoms with van der Waals surface area (Å²) in [6, 6.07) is 10.1. The van der Waals surface area contributed by atoms with Gasteiger partial charge in [0, 0.05) is 0 Å². The molecule has 116 valence electrons. The standard InChI is InChI=1S/C11H13S.2C5H5.Zr/c1-3-9(2)11(12)10-7-5-4-6-8-10;2*1-2-4-5-3-1;/h4-8,11-12H,1-2H3;2*1-5H;/q-1;;;+2/p-1. The molecule has 0 heterocycles. The van der Waals surface area contributed by atoms with E-state index in [1.165, 1.54) is 5.56 Å². The van der Waals surface area contributed by atoms with E-state index in [9.17, 15) is 0 Å². The SMILES string of the molecule is C[C-]=C(C)C([S-])c1ccccc1.[CH]1[CH][CH][CH][CH]1.[CH]1[CH][CH][CH][CH]1.[Zr+2]. The quantitative estimate of drug-likeness (QED) is 0.495. The zero-order valence-electron chi connectivity index (χ0n) is 13.6. The van der Waals surface area contributed by atoms with Crippen LogP contribution in [0, 0.1) is 70.3 Å². The van der Waals surface area contributed by atoms with Crippen molar-refractivity contribution in [3.63, 3.8) is 0 Å². The molecule has 1 aromatic rings. The molecule has 0 aromatic heterocycles. The molecule has 0 saturated heterocycles. The summed E-state index contributed by atoms with van der Waals surface area (Å²) in [5.41, 5.74) is 2.30. The average molecular weight is 398 g/mol. The molecule has 0 spiro atoms. The summed E-state index contributed by atoms with van der Waals surface area (Å²) >= 11 is 5.33. The van der Waals surface area contributed by atoms with E-state index in [4.69, 9.17) is 12.6 Å². The van der Waals surface area contributed by atoms with Crippen LogP contribution in [0.4, 0.5) is 0 Å². The molecule has 0 nitrogen and oxygen atoms in total. The second-order valence-corrected chi connectivity index (χ2v) is 5.12. The summed E-state index contributed by atoms with van der Waals surface area (Å²) in [6.45, 7) is 3.92. The third-order valence-electron chi connectivity index (χ3n) is 3.00. The van der Waals surface area contributed by atoms with Crippen LogP contribution in [0.3, 0.4) is 0 Å². The molecule has 1 atom stereocenters. The normalized spacial score (nSPS) is 18.0. The Morgan fingerprint density at radius 2 is 1.13 bits per heavy atom. The van der Waals surface area contributed by atoms with E-state index in [0.717, 1.165) is 5.57 Å². The van der Waals surface area contributed by atoms with E-state index in [0.29, 0.717) is 0 Å². The largest absolute Gasteiger partial charge is 2.00 e. The number of rotatable bonds is 2. The Morgan fingerprint density at radius 1 is 0.783 bits per heavy atom. The van der Waals surface area contributed by atoms with Crippen molar-refractivity contribution in [1.29, 1.82) is 0 Å². The number of hydrogen-bond acceptors (Lipinski definition) is 1. The molecule has 0 N–H and O–H groups in total. The maximum Gasteiger partial charge on any atom is 2.00 e. The molecule has 1 aromatic carbocycles. The van der Waals surface area contributed by atoms with E-state index in [1.807, 2.05) is 96.3 Å². The average Bonchev–Trinajstić information content (AvgIpc) is 3.32. The van der Waals surface area contributed by atoms with Crippen molar-refractivity contribution in [1.82, 2.24) is 0 Å². The van der Waals surface area contributed by atoms with Gasteiger partial charge < -0.3 is 18.7 Å². The zero-order chi connectivity index (χ0) is 16.0. The Kier molecular flexibility index (Phi) is 15.8.